The number of nitrogens with one attached hydrogen (secondary N) is 2. The molecule has 0 saturated carbocycles. The van der Waals surface area contributed by atoms with Gasteiger partial charge < -0.3 is 16.0 Å². The molecular weight excluding hydrogens is 464 g/mol. The Kier molecular flexibility index (Phi) is 6.06. The Morgan fingerprint density at radius 3 is 2.49 bits per heavy atom. The maximum absolute atomic E-state index is 11.0. The van der Waals surface area contributed by atoms with E-state index in [1.807, 2.05) is 43.3 Å². The minimum absolute atomic E-state index is 0.0361. The number of fused-ring (bicyclic) bond motifs is 1. The lowest BCUT2D eigenvalue weighted by Gasteiger charge is -2.13. The molecule has 0 amide bonds. The van der Waals surface area contributed by atoms with Crippen LogP contribution in [0.15, 0.2) is 61.2 Å². The van der Waals surface area contributed by atoms with Crippen LogP contribution in [-0.4, -0.2) is 38.3 Å². The number of H-pyrrole nitrogens is 1. The highest BCUT2D eigenvalue weighted by molar-refractivity contribution is 7.71. The van der Waals surface area contributed by atoms with Crippen LogP contribution in [0, 0.1) is 6.92 Å². The third-order valence-corrected chi connectivity index (χ3v) is 6.01. The molecule has 0 aliphatic rings. The zero-order valence-electron chi connectivity index (χ0n) is 18.8. The number of nitrogens with zero attached hydrogens (tertiary/aromatic N) is 5. The maximum atomic E-state index is 11.0. The van der Waals surface area contributed by atoms with E-state index in [1.54, 1.807) is 24.8 Å². The fraction of sp³-hybridized carbons (Fsp3) is 0.125. The molecule has 5 rings (SSSR count). The van der Waals surface area contributed by atoms with Crippen LogP contribution >= 0.6 is 0 Å². The quantitative estimate of drug-likeness (QED) is 0.254. The molecule has 10 nitrogen and oxygen atoms in total. The molecule has 5 aromatic rings. The molecule has 0 radical (unpaired) electrons. The molecule has 4 N–H and O–H groups in total. The zero-order chi connectivity index (χ0) is 24.4. The predicted octanol–water partition coefficient (Wildman–Crippen LogP) is 3.15. The first-order chi connectivity index (χ1) is 16.9. The average molecular weight is 487 g/mol. The zero-order valence-corrected chi connectivity index (χ0v) is 19.7. The Bertz CT molecular complexity index is 1570. The highest BCUT2D eigenvalue weighted by atomic mass is 32.2. The summed E-state index contributed by atoms with van der Waals surface area (Å²) in [5.74, 6) is 1.66. The van der Waals surface area contributed by atoms with Crippen molar-refractivity contribution >= 4 is 39.2 Å². The molecule has 4 heterocycles. The summed E-state index contributed by atoms with van der Waals surface area (Å²) < 4.78 is 22.0. The van der Waals surface area contributed by atoms with Crippen LogP contribution in [0.25, 0.3) is 22.4 Å². The van der Waals surface area contributed by atoms with Crippen LogP contribution in [0.4, 0.5) is 17.3 Å². The number of imidazole rings is 1. The second kappa shape index (κ2) is 9.47. The van der Waals surface area contributed by atoms with Gasteiger partial charge in [0.15, 0.2) is 5.65 Å². The Hall–Kier alpha value is -4.38. The monoisotopic (exact) mass is 486 g/mol. The average Bonchev–Trinajstić information content (AvgIpc) is 3.30. The van der Waals surface area contributed by atoms with Gasteiger partial charge in [0.1, 0.15) is 39.4 Å². The number of hydrogen-bond acceptors (Lipinski definition) is 9. The third kappa shape index (κ3) is 5.09. The first-order valence-electron chi connectivity index (χ1n) is 10.8. The molecular formula is C24H22N8O2S. The minimum Gasteiger partial charge on any atom is -0.384 e. The van der Waals surface area contributed by atoms with Gasteiger partial charge in [-0.15, -0.1) is 0 Å². The molecule has 1 aromatic carbocycles. The summed E-state index contributed by atoms with van der Waals surface area (Å²) in [4.78, 5) is 25.4. The summed E-state index contributed by atoms with van der Waals surface area (Å²) in [5, 5.41) is 3.31. The number of aromatic nitrogens is 6. The van der Waals surface area contributed by atoms with Crippen LogP contribution in [0.5, 0.6) is 0 Å². The van der Waals surface area contributed by atoms with Crippen LogP contribution in [0.2, 0.25) is 0 Å². The van der Waals surface area contributed by atoms with Gasteiger partial charge in [0.2, 0.25) is 0 Å². The summed E-state index contributed by atoms with van der Waals surface area (Å²) in [6, 6.07) is 13.1. The van der Waals surface area contributed by atoms with E-state index in [-0.39, 0.29) is 5.75 Å². The molecule has 0 atom stereocenters. The number of pyridine rings is 2. The van der Waals surface area contributed by atoms with E-state index in [4.69, 9.17) is 10.7 Å². The third-order valence-electron chi connectivity index (χ3n) is 5.38. The van der Waals surface area contributed by atoms with E-state index in [1.165, 1.54) is 0 Å². The van der Waals surface area contributed by atoms with Crippen LogP contribution in [0.3, 0.4) is 0 Å². The van der Waals surface area contributed by atoms with Gasteiger partial charge in [0.05, 0.1) is 24.0 Å². The number of nitrogen functional groups attached to an aromatic ring is 1. The lowest BCUT2D eigenvalue weighted by atomic mass is 10.0. The molecule has 0 saturated heterocycles. The molecule has 0 spiro atoms. The SMILES string of the molecule is Cc1nc(-c2cc(Cc3ccc(C[SH](=O)=O)cc3)cnc2Nc2ccc(N)nc2)c2nc[nH]c2n1. The lowest BCUT2D eigenvalue weighted by molar-refractivity contribution is 0.614. The van der Waals surface area contributed by atoms with Gasteiger partial charge in [-0.3, -0.25) is 0 Å². The molecule has 0 aliphatic carbocycles. The summed E-state index contributed by atoms with van der Waals surface area (Å²) in [5.41, 5.74) is 11.9. The molecule has 0 bridgehead atoms. The normalized spacial score (nSPS) is 11.3. The van der Waals surface area contributed by atoms with E-state index in [9.17, 15) is 8.42 Å². The van der Waals surface area contributed by atoms with Gasteiger partial charge in [0.25, 0.3) is 0 Å². The second-order valence-corrected chi connectivity index (χ2v) is 9.02. The van der Waals surface area contributed by atoms with E-state index in [0.717, 1.165) is 27.9 Å². The number of aryl methyl sites for hydroxylation is 1. The first-order valence-corrected chi connectivity index (χ1v) is 12.2. The summed E-state index contributed by atoms with van der Waals surface area (Å²) >= 11 is 0. The van der Waals surface area contributed by atoms with Gasteiger partial charge in [-0.25, -0.2) is 33.3 Å². The molecule has 35 heavy (non-hydrogen) atoms. The second-order valence-electron chi connectivity index (χ2n) is 8.04. The Balaban J connectivity index is 1.55. The Morgan fingerprint density at radius 1 is 0.943 bits per heavy atom. The van der Waals surface area contributed by atoms with E-state index in [2.05, 4.69) is 30.2 Å². The fourth-order valence-corrected chi connectivity index (χ4v) is 4.29. The number of benzene rings is 1. The number of anilines is 3. The topological polar surface area (TPSA) is 152 Å². The number of nitrogens with two attached hydrogens (primary N) is 1. The summed E-state index contributed by atoms with van der Waals surface area (Å²) in [6.07, 6.45) is 5.64. The highest BCUT2D eigenvalue weighted by Gasteiger charge is 2.17. The Morgan fingerprint density at radius 2 is 1.74 bits per heavy atom. The van der Waals surface area contributed by atoms with Crippen molar-refractivity contribution in [2.45, 2.75) is 19.1 Å². The van der Waals surface area contributed by atoms with Gasteiger partial charge >= 0.3 is 0 Å². The predicted molar refractivity (Wildman–Crippen MR) is 135 cm³/mol. The molecule has 11 heteroatoms. The number of aromatic amines is 1. The standard InChI is InChI=1S/C24H22N8O2S/c1-14-30-21(22-24(31-14)29-13-28-22)19-9-17(8-15-2-4-16(5-3-15)12-35(33)34)10-27-23(19)32-18-6-7-20(25)26-11-18/h2-7,9-11,13,35H,8,12H2,1H3,(H2,25,26)(H,27,32)(H,28,29,30,31). The maximum Gasteiger partial charge on any atom is 0.161 e. The number of hydrogen-bond donors (Lipinski definition) is 4. The number of thiol groups is 1. The van der Waals surface area contributed by atoms with Crippen LogP contribution < -0.4 is 11.1 Å². The van der Waals surface area contributed by atoms with Crippen molar-refractivity contribution in [3.8, 4) is 11.3 Å². The van der Waals surface area contributed by atoms with E-state index >= 15 is 0 Å². The fourth-order valence-electron chi connectivity index (χ4n) is 3.78. The van der Waals surface area contributed by atoms with E-state index < -0.39 is 10.7 Å². The van der Waals surface area contributed by atoms with Crippen molar-refractivity contribution in [3.05, 3.63) is 83.7 Å². The van der Waals surface area contributed by atoms with Crippen LogP contribution in [-0.2, 0) is 22.9 Å². The minimum atomic E-state index is -2.45. The summed E-state index contributed by atoms with van der Waals surface area (Å²) in [6.45, 7) is 1.83. The smallest absolute Gasteiger partial charge is 0.161 e. The van der Waals surface area contributed by atoms with Crippen molar-refractivity contribution in [2.24, 2.45) is 0 Å². The van der Waals surface area contributed by atoms with Crippen LogP contribution in [0.1, 0.15) is 22.5 Å². The van der Waals surface area contributed by atoms with E-state index in [0.29, 0.717) is 40.7 Å². The molecule has 0 unspecified atom stereocenters. The first kappa shape index (κ1) is 22.4. The van der Waals surface area contributed by atoms with Crippen molar-refractivity contribution in [3.63, 3.8) is 0 Å². The van der Waals surface area contributed by atoms with Crippen molar-refractivity contribution < 1.29 is 8.42 Å². The van der Waals surface area contributed by atoms with Gasteiger partial charge in [-0.1, -0.05) is 24.3 Å². The number of rotatable bonds is 7. The van der Waals surface area contributed by atoms with Gasteiger partial charge in [-0.2, -0.15) is 0 Å². The molecule has 0 aliphatic heterocycles. The van der Waals surface area contributed by atoms with Crippen molar-refractivity contribution in [2.75, 3.05) is 11.1 Å². The molecule has 0 fully saturated rings. The Labute approximate surface area is 202 Å². The van der Waals surface area contributed by atoms with Crippen molar-refractivity contribution in [1.29, 1.82) is 0 Å². The largest absolute Gasteiger partial charge is 0.384 e. The molecule has 4 aromatic heterocycles. The molecule has 176 valence electrons. The summed E-state index contributed by atoms with van der Waals surface area (Å²) in [7, 11) is -2.45. The highest BCUT2D eigenvalue weighted by Crippen LogP contribution is 2.32. The van der Waals surface area contributed by atoms with Gasteiger partial charge in [0, 0.05) is 11.8 Å². The lowest BCUT2D eigenvalue weighted by Crippen LogP contribution is -2.02. The van der Waals surface area contributed by atoms with Gasteiger partial charge in [-0.05, 0) is 48.2 Å². The van der Waals surface area contributed by atoms with Crippen molar-refractivity contribution in [1.82, 2.24) is 29.9 Å².